The average Bonchev–Trinajstić information content (AvgIpc) is 2.89. The summed E-state index contributed by atoms with van der Waals surface area (Å²) in [4.78, 5) is 8.36. The first-order chi connectivity index (χ1) is 9.22. The maximum Gasteiger partial charge on any atom is 0.212 e. The number of nitrogens with zero attached hydrogens (tertiary/aromatic N) is 6. The van der Waals surface area contributed by atoms with Gasteiger partial charge in [0.2, 0.25) is 11.8 Å². The molecule has 0 fully saturated rings. The average molecular weight is 260 g/mol. The molecule has 3 heterocycles. The van der Waals surface area contributed by atoms with Crippen LogP contribution in [0.5, 0.6) is 0 Å². The molecule has 8 heteroatoms. The van der Waals surface area contributed by atoms with Gasteiger partial charge >= 0.3 is 0 Å². The Labute approximate surface area is 105 Å². The highest BCUT2D eigenvalue weighted by Crippen LogP contribution is 2.14. The lowest BCUT2D eigenvalue weighted by atomic mass is 10.3. The summed E-state index contributed by atoms with van der Waals surface area (Å²) >= 11 is 0. The number of hydrogen-bond donors (Lipinski definition) is 0. The second-order valence-electron chi connectivity index (χ2n) is 3.63. The van der Waals surface area contributed by atoms with Crippen LogP contribution in [0.1, 0.15) is 0 Å². The van der Waals surface area contributed by atoms with E-state index in [1.807, 2.05) is 0 Å². The van der Waals surface area contributed by atoms with Crippen molar-refractivity contribution in [1.82, 2.24) is 30.2 Å². The summed E-state index contributed by atoms with van der Waals surface area (Å²) in [6.07, 6.45) is 3.77. The SMILES string of the molecule is Fc1cncc(-c2nnn(-c3ccc(F)nc3)n2)c1. The van der Waals surface area contributed by atoms with Crippen molar-refractivity contribution in [3.8, 4) is 17.1 Å². The van der Waals surface area contributed by atoms with Gasteiger partial charge in [0.1, 0.15) is 11.5 Å². The third-order valence-corrected chi connectivity index (χ3v) is 2.32. The van der Waals surface area contributed by atoms with Gasteiger partial charge in [0.25, 0.3) is 0 Å². The van der Waals surface area contributed by atoms with Crippen molar-refractivity contribution in [2.24, 2.45) is 0 Å². The first-order valence-corrected chi connectivity index (χ1v) is 5.25. The van der Waals surface area contributed by atoms with E-state index in [9.17, 15) is 8.78 Å². The van der Waals surface area contributed by atoms with Crippen molar-refractivity contribution in [1.29, 1.82) is 0 Å². The molecule has 0 bridgehead atoms. The predicted molar refractivity (Wildman–Crippen MR) is 60.1 cm³/mol. The van der Waals surface area contributed by atoms with Gasteiger partial charge in [-0.1, -0.05) is 0 Å². The quantitative estimate of drug-likeness (QED) is 0.651. The Hall–Kier alpha value is -2.77. The maximum atomic E-state index is 13.0. The van der Waals surface area contributed by atoms with Crippen LogP contribution in [0, 0.1) is 11.8 Å². The van der Waals surface area contributed by atoms with Crippen LogP contribution in [0.4, 0.5) is 8.78 Å². The Kier molecular flexibility index (Phi) is 2.67. The molecule has 0 spiro atoms. The molecule has 0 amide bonds. The van der Waals surface area contributed by atoms with E-state index in [-0.39, 0.29) is 5.82 Å². The summed E-state index contributed by atoms with van der Waals surface area (Å²) in [6, 6.07) is 3.89. The molecule has 0 aliphatic heterocycles. The third-order valence-electron chi connectivity index (χ3n) is 2.32. The molecule has 19 heavy (non-hydrogen) atoms. The highest BCUT2D eigenvalue weighted by Gasteiger charge is 2.08. The zero-order valence-electron chi connectivity index (χ0n) is 9.40. The number of tetrazole rings is 1. The van der Waals surface area contributed by atoms with Gasteiger partial charge < -0.3 is 0 Å². The summed E-state index contributed by atoms with van der Waals surface area (Å²) in [5, 5.41) is 11.6. The van der Waals surface area contributed by atoms with Gasteiger partial charge in [-0.3, -0.25) is 4.98 Å². The minimum atomic E-state index is -0.599. The Balaban J connectivity index is 1.97. The Morgan fingerprint density at radius 3 is 2.68 bits per heavy atom. The molecule has 94 valence electrons. The molecule has 0 aliphatic rings. The molecule has 0 aliphatic carbocycles. The molecule has 0 atom stereocenters. The summed E-state index contributed by atoms with van der Waals surface area (Å²) < 4.78 is 25.7. The predicted octanol–water partition coefficient (Wildman–Crippen LogP) is 1.40. The van der Waals surface area contributed by atoms with Crippen LogP contribution >= 0.6 is 0 Å². The van der Waals surface area contributed by atoms with Gasteiger partial charge in [-0.2, -0.15) is 4.39 Å². The third kappa shape index (κ3) is 2.28. The fraction of sp³-hybridized carbons (Fsp3) is 0. The summed E-state index contributed by atoms with van der Waals surface area (Å²) in [6.45, 7) is 0. The minimum Gasteiger partial charge on any atom is -0.261 e. The molecule has 0 radical (unpaired) electrons. The second kappa shape index (κ2) is 4.48. The molecule has 6 nitrogen and oxygen atoms in total. The van der Waals surface area contributed by atoms with E-state index in [2.05, 4.69) is 25.4 Å². The first-order valence-electron chi connectivity index (χ1n) is 5.25. The van der Waals surface area contributed by atoms with Crippen molar-refractivity contribution >= 4 is 0 Å². The van der Waals surface area contributed by atoms with E-state index < -0.39 is 11.8 Å². The van der Waals surface area contributed by atoms with E-state index in [0.29, 0.717) is 11.3 Å². The zero-order valence-corrected chi connectivity index (χ0v) is 9.40. The number of aromatic nitrogens is 6. The lowest BCUT2D eigenvalue weighted by molar-refractivity contribution is 0.580. The van der Waals surface area contributed by atoms with E-state index in [1.54, 1.807) is 0 Å². The van der Waals surface area contributed by atoms with E-state index in [4.69, 9.17) is 0 Å². The normalized spacial score (nSPS) is 10.6. The largest absolute Gasteiger partial charge is 0.261 e. The van der Waals surface area contributed by atoms with Crippen LogP contribution in [-0.2, 0) is 0 Å². The molecule has 3 aromatic heterocycles. The molecule has 3 rings (SSSR count). The Bertz CT molecular complexity index is 709. The van der Waals surface area contributed by atoms with Crippen LogP contribution in [-0.4, -0.2) is 30.2 Å². The van der Waals surface area contributed by atoms with Gasteiger partial charge in [-0.15, -0.1) is 15.0 Å². The first kappa shape index (κ1) is 11.3. The number of hydrogen-bond acceptors (Lipinski definition) is 5. The second-order valence-corrected chi connectivity index (χ2v) is 3.63. The molecule has 0 N–H and O–H groups in total. The minimum absolute atomic E-state index is 0.219. The topological polar surface area (TPSA) is 69.4 Å². The number of halogens is 2. The monoisotopic (exact) mass is 260 g/mol. The maximum absolute atomic E-state index is 13.0. The fourth-order valence-corrected chi connectivity index (χ4v) is 1.46. The van der Waals surface area contributed by atoms with Crippen LogP contribution < -0.4 is 0 Å². The van der Waals surface area contributed by atoms with Crippen molar-refractivity contribution in [2.75, 3.05) is 0 Å². The highest BCUT2D eigenvalue weighted by atomic mass is 19.1. The molecular formula is C11H6F2N6. The van der Waals surface area contributed by atoms with E-state index in [0.717, 1.165) is 6.20 Å². The highest BCUT2D eigenvalue weighted by molar-refractivity contribution is 5.52. The Morgan fingerprint density at radius 1 is 1.05 bits per heavy atom. The van der Waals surface area contributed by atoms with Gasteiger partial charge in [0.05, 0.1) is 12.4 Å². The van der Waals surface area contributed by atoms with E-state index in [1.165, 1.54) is 35.4 Å². The van der Waals surface area contributed by atoms with Crippen molar-refractivity contribution in [3.63, 3.8) is 0 Å². The lowest BCUT2D eigenvalue weighted by Crippen LogP contribution is -2.00. The van der Waals surface area contributed by atoms with Crippen molar-refractivity contribution in [3.05, 3.63) is 48.6 Å². The fourth-order valence-electron chi connectivity index (χ4n) is 1.46. The summed E-state index contributed by atoms with van der Waals surface area (Å²) in [5.41, 5.74) is 0.853. The van der Waals surface area contributed by atoms with Gasteiger partial charge in [-0.25, -0.2) is 9.37 Å². The van der Waals surface area contributed by atoms with Crippen molar-refractivity contribution in [2.45, 2.75) is 0 Å². The zero-order chi connectivity index (χ0) is 13.2. The molecule has 3 aromatic rings. The lowest BCUT2D eigenvalue weighted by Gasteiger charge is -1.96. The molecule has 0 aromatic carbocycles. The van der Waals surface area contributed by atoms with Crippen LogP contribution in [0.3, 0.4) is 0 Å². The van der Waals surface area contributed by atoms with Crippen molar-refractivity contribution < 1.29 is 8.78 Å². The Morgan fingerprint density at radius 2 is 1.95 bits per heavy atom. The van der Waals surface area contributed by atoms with E-state index >= 15 is 0 Å². The molecule has 0 saturated heterocycles. The number of rotatable bonds is 2. The van der Waals surface area contributed by atoms with Gasteiger partial charge in [0, 0.05) is 11.8 Å². The summed E-state index contributed by atoms with van der Waals surface area (Å²) in [5.74, 6) is -0.868. The smallest absolute Gasteiger partial charge is 0.212 e. The van der Waals surface area contributed by atoms with Crippen LogP contribution in [0.15, 0.2) is 36.8 Å². The molecular weight excluding hydrogens is 254 g/mol. The van der Waals surface area contributed by atoms with Crippen LogP contribution in [0.25, 0.3) is 17.1 Å². The molecule has 0 unspecified atom stereocenters. The molecule has 0 saturated carbocycles. The van der Waals surface area contributed by atoms with Gasteiger partial charge in [0.15, 0.2) is 0 Å². The van der Waals surface area contributed by atoms with Gasteiger partial charge in [-0.05, 0) is 23.4 Å². The summed E-state index contributed by atoms with van der Waals surface area (Å²) in [7, 11) is 0. The van der Waals surface area contributed by atoms with Crippen LogP contribution in [0.2, 0.25) is 0 Å². The number of pyridine rings is 2. The standard InChI is InChI=1S/C11H6F2N6/c12-8-3-7(4-14-5-8)11-16-18-19(17-11)9-1-2-10(13)15-6-9/h1-6H.